The van der Waals surface area contributed by atoms with E-state index in [0.29, 0.717) is 5.69 Å². The molecule has 1 aromatic heterocycles. The van der Waals surface area contributed by atoms with Crippen LogP contribution in [0.25, 0.3) is 5.69 Å². The Kier molecular flexibility index (Phi) is 2.59. The quantitative estimate of drug-likeness (QED) is 0.765. The van der Waals surface area contributed by atoms with Crippen molar-refractivity contribution in [1.82, 2.24) is 9.55 Å². The molecule has 0 amide bonds. The van der Waals surface area contributed by atoms with Gasteiger partial charge in [0.25, 0.3) is 5.56 Å². The fourth-order valence-corrected chi connectivity index (χ4v) is 1.65. The molecule has 0 unspecified atom stereocenters. The van der Waals surface area contributed by atoms with Gasteiger partial charge in [-0.2, -0.15) is 0 Å². The van der Waals surface area contributed by atoms with Gasteiger partial charge in [0, 0.05) is 0 Å². The highest BCUT2D eigenvalue weighted by molar-refractivity contribution is 5.43. The topological polar surface area (TPSA) is 75.1 Å². The number of benzene rings is 1. The van der Waals surface area contributed by atoms with Crippen LogP contribution in [0.1, 0.15) is 11.1 Å². The first kappa shape index (κ1) is 11.2. The van der Waals surface area contributed by atoms with E-state index in [1.807, 2.05) is 19.1 Å². The number of nitrogens with zero attached hydrogens (tertiary/aromatic N) is 1. The van der Waals surface area contributed by atoms with Gasteiger partial charge in [-0.3, -0.25) is 9.78 Å². The Morgan fingerprint density at radius 2 is 1.82 bits per heavy atom. The molecular weight excluding hydrogens is 220 g/mol. The lowest BCUT2D eigenvalue weighted by atomic mass is 10.2. The number of hydrogen-bond acceptors (Lipinski definition) is 3. The van der Waals surface area contributed by atoms with Crippen LogP contribution in [-0.4, -0.2) is 14.7 Å². The van der Waals surface area contributed by atoms with E-state index in [1.54, 1.807) is 12.1 Å². The van der Waals surface area contributed by atoms with Crippen molar-refractivity contribution < 1.29 is 5.11 Å². The van der Waals surface area contributed by atoms with Gasteiger partial charge in [-0.25, -0.2) is 9.36 Å². The second-order valence-electron chi connectivity index (χ2n) is 3.83. The summed E-state index contributed by atoms with van der Waals surface area (Å²) in [6.07, 6.45) is 0. The minimum absolute atomic E-state index is 0.118. The second kappa shape index (κ2) is 3.93. The lowest BCUT2D eigenvalue weighted by Gasteiger charge is -2.11. The van der Waals surface area contributed by atoms with Gasteiger partial charge in [0.2, 0.25) is 5.88 Å². The van der Waals surface area contributed by atoms with Gasteiger partial charge in [0.05, 0.1) is 11.3 Å². The number of H-pyrrole nitrogens is 1. The lowest BCUT2D eigenvalue weighted by Crippen LogP contribution is -2.30. The van der Waals surface area contributed by atoms with Crippen molar-refractivity contribution in [3.8, 4) is 11.6 Å². The molecule has 5 heteroatoms. The summed E-state index contributed by atoms with van der Waals surface area (Å²) >= 11 is 0. The van der Waals surface area contributed by atoms with Crippen molar-refractivity contribution in [3.63, 3.8) is 0 Å². The van der Waals surface area contributed by atoms with E-state index < -0.39 is 11.2 Å². The number of aryl methyl sites for hydroxylation is 1. The van der Waals surface area contributed by atoms with E-state index in [-0.39, 0.29) is 11.4 Å². The van der Waals surface area contributed by atoms with Crippen molar-refractivity contribution >= 4 is 0 Å². The standard InChI is InChI=1S/C12H12N2O3/c1-7-5-3-4-6-9(7)14-11(16)8(2)10(15)13-12(14)17/h3-6,16H,1-2H3,(H,13,15,17). The molecule has 1 heterocycles. The molecule has 0 fully saturated rings. The highest BCUT2D eigenvalue weighted by atomic mass is 16.3. The first-order valence-corrected chi connectivity index (χ1v) is 5.13. The Morgan fingerprint density at radius 3 is 2.47 bits per heavy atom. The highest BCUT2D eigenvalue weighted by Crippen LogP contribution is 2.18. The summed E-state index contributed by atoms with van der Waals surface area (Å²) < 4.78 is 1.09. The Bertz CT molecular complexity index is 683. The number of aromatic nitrogens is 2. The number of aromatic amines is 1. The van der Waals surface area contributed by atoms with E-state index >= 15 is 0 Å². The molecule has 0 aliphatic heterocycles. The van der Waals surface area contributed by atoms with Gasteiger partial charge < -0.3 is 5.11 Å². The van der Waals surface area contributed by atoms with Crippen molar-refractivity contribution in [2.75, 3.05) is 0 Å². The Hall–Kier alpha value is -2.30. The Morgan fingerprint density at radius 1 is 1.18 bits per heavy atom. The maximum absolute atomic E-state index is 11.7. The van der Waals surface area contributed by atoms with Crippen LogP contribution in [0.3, 0.4) is 0 Å². The molecule has 2 rings (SSSR count). The van der Waals surface area contributed by atoms with E-state index in [9.17, 15) is 14.7 Å². The summed E-state index contributed by atoms with van der Waals surface area (Å²) in [5, 5.41) is 9.88. The molecule has 0 saturated carbocycles. The van der Waals surface area contributed by atoms with Crippen LogP contribution < -0.4 is 11.2 Å². The second-order valence-corrected chi connectivity index (χ2v) is 3.83. The number of aromatic hydroxyl groups is 1. The minimum Gasteiger partial charge on any atom is -0.494 e. The number of rotatable bonds is 1. The zero-order chi connectivity index (χ0) is 12.6. The lowest BCUT2D eigenvalue weighted by molar-refractivity contribution is 0.426. The minimum atomic E-state index is -0.646. The van der Waals surface area contributed by atoms with Crippen LogP contribution >= 0.6 is 0 Å². The van der Waals surface area contributed by atoms with E-state index in [2.05, 4.69) is 4.98 Å². The van der Waals surface area contributed by atoms with Gasteiger partial charge in [0.15, 0.2) is 0 Å². The monoisotopic (exact) mass is 232 g/mol. The molecule has 17 heavy (non-hydrogen) atoms. The summed E-state index contributed by atoms with van der Waals surface area (Å²) in [5.74, 6) is -0.326. The summed E-state index contributed by atoms with van der Waals surface area (Å²) in [6, 6.07) is 7.12. The Balaban J connectivity index is 2.87. The maximum Gasteiger partial charge on any atom is 0.335 e. The molecule has 0 saturated heterocycles. The molecule has 0 aliphatic rings. The number of nitrogens with one attached hydrogen (secondary N) is 1. The molecule has 5 nitrogen and oxygen atoms in total. The van der Waals surface area contributed by atoms with Gasteiger partial charge in [0.1, 0.15) is 0 Å². The highest BCUT2D eigenvalue weighted by Gasteiger charge is 2.12. The largest absolute Gasteiger partial charge is 0.494 e. The van der Waals surface area contributed by atoms with Crippen molar-refractivity contribution in [2.24, 2.45) is 0 Å². The summed E-state index contributed by atoms with van der Waals surface area (Å²) in [7, 11) is 0. The van der Waals surface area contributed by atoms with Gasteiger partial charge >= 0.3 is 5.69 Å². The zero-order valence-electron chi connectivity index (χ0n) is 9.52. The van der Waals surface area contributed by atoms with Crippen LogP contribution in [0.5, 0.6) is 5.88 Å². The average Bonchev–Trinajstić information content (AvgIpc) is 2.29. The third-order valence-corrected chi connectivity index (χ3v) is 2.67. The van der Waals surface area contributed by atoms with Gasteiger partial charge in [-0.15, -0.1) is 0 Å². The first-order valence-electron chi connectivity index (χ1n) is 5.13. The van der Waals surface area contributed by atoms with Crippen molar-refractivity contribution in [2.45, 2.75) is 13.8 Å². The van der Waals surface area contributed by atoms with Crippen molar-refractivity contribution in [3.05, 3.63) is 56.2 Å². The fourth-order valence-electron chi connectivity index (χ4n) is 1.65. The predicted octanol–water partition coefficient (Wildman–Crippen LogP) is 0.848. The SMILES string of the molecule is Cc1ccccc1-n1c(O)c(C)c(=O)[nH]c1=O. The van der Waals surface area contributed by atoms with Gasteiger partial charge in [-0.1, -0.05) is 18.2 Å². The summed E-state index contributed by atoms with van der Waals surface area (Å²) in [4.78, 5) is 25.2. The van der Waals surface area contributed by atoms with Crippen LogP contribution in [0, 0.1) is 13.8 Å². The average molecular weight is 232 g/mol. The third-order valence-electron chi connectivity index (χ3n) is 2.67. The predicted molar refractivity (Wildman–Crippen MR) is 63.8 cm³/mol. The van der Waals surface area contributed by atoms with Crippen molar-refractivity contribution in [1.29, 1.82) is 0 Å². The molecule has 0 atom stereocenters. The molecule has 0 spiro atoms. The smallest absolute Gasteiger partial charge is 0.335 e. The third kappa shape index (κ3) is 1.75. The maximum atomic E-state index is 11.7. The molecule has 2 aromatic rings. The molecule has 0 radical (unpaired) electrons. The summed E-state index contributed by atoms with van der Waals surface area (Å²) in [5.41, 5.74) is 0.281. The summed E-state index contributed by atoms with van der Waals surface area (Å²) in [6.45, 7) is 3.28. The molecule has 88 valence electrons. The zero-order valence-corrected chi connectivity index (χ0v) is 9.52. The van der Waals surface area contributed by atoms with E-state index in [0.717, 1.165) is 10.1 Å². The number of para-hydroxylation sites is 1. The van der Waals surface area contributed by atoms with E-state index in [4.69, 9.17) is 0 Å². The first-order chi connectivity index (χ1) is 8.02. The van der Waals surface area contributed by atoms with E-state index in [1.165, 1.54) is 6.92 Å². The fraction of sp³-hybridized carbons (Fsp3) is 0.167. The molecule has 0 aliphatic carbocycles. The Labute approximate surface area is 97.0 Å². The normalized spacial score (nSPS) is 10.5. The molecule has 1 aromatic carbocycles. The molecule has 2 N–H and O–H groups in total. The molecular formula is C12H12N2O3. The van der Waals surface area contributed by atoms with Crippen LogP contribution in [0.2, 0.25) is 0 Å². The van der Waals surface area contributed by atoms with Crippen LogP contribution in [-0.2, 0) is 0 Å². The molecule has 0 bridgehead atoms. The van der Waals surface area contributed by atoms with Crippen LogP contribution in [0.4, 0.5) is 0 Å². The number of hydrogen-bond donors (Lipinski definition) is 2. The van der Waals surface area contributed by atoms with Crippen LogP contribution in [0.15, 0.2) is 33.9 Å². The van der Waals surface area contributed by atoms with Gasteiger partial charge in [-0.05, 0) is 25.5 Å².